The molecule has 0 bridgehead atoms. The van der Waals surface area contributed by atoms with Crippen LogP contribution in [-0.4, -0.2) is 28.8 Å². The molecular weight excluding hydrogens is 222 g/mol. The molecule has 2 aliphatic carbocycles. The Kier molecular flexibility index (Phi) is 2.79. The molecule has 2 N–H and O–H groups in total. The molecule has 0 aromatic heterocycles. The van der Waals surface area contributed by atoms with Crippen LogP contribution in [0.2, 0.25) is 0 Å². The third-order valence-electron chi connectivity index (χ3n) is 3.45. The minimum Gasteiger partial charge on any atom is -0.481 e. The van der Waals surface area contributed by atoms with Gasteiger partial charge in [-0.3, -0.25) is 4.79 Å². The Bertz CT molecular complexity index is 347. The second-order valence-corrected chi connectivity index (χ2v) is 6.00. The number of rotatable bonds is 2. The number of carboxylic acid groups (broad SMARTS) is 1. The maximum Gasteiger partial charge on any atom is 0.407 e. The first-order valence-corrected chi connectivity index (χ1v) is 6.00. The Morgan fingerprint density at radius 3 is 2.35 bits per heavy atom. The summed E-state index contributed by atoms with van der Waals surface area (Å²) in [4.78, 5) is 22.5. The Hall–Kier alpha value is -1.26. The van der Waals surface area contributed by atoms with Crippen LogP contribution in [0.4, 0.5) is 4.79 Å². The van der Waals surface area contributed by atoms with Crippen molar-refractivity contribution >= 4 is 12.1 Å². The molecule has 4 atom stereocenters. The van der Waals surface area contributed by atoms with Crippen molar-refractivity contribution in [3.05, 3.63) is 0 Å². The summed E-state index contributed by atoms with van der Waals surface area (Å²) in [5.74, 6) is -0.443. The number of hydrogen-bond donors (Lipinski definition) is 2. The van der Waals surface area contributed by atoms with E-state index in [1.165, 1.54) is 0 Å². The van der Waals surface area contributed by atoms with Crippen molar-refractivity contribution in [2.75, 3.05) is 0 Å². The fraction of sp³-hybridized carbons (Fsp3) is 0.833. The van der Waals surface area contributed by atoms with Gasteiger partial charge in [0.05, 0.1) is 5.92 Å². The van der Waals surface area contributed by atoms with E-state index in [9.17, 15) is 9.59 Å². The van der Waals surface area contributed by atoms with Crippen molar-refractivity contribution in [3.8, 4) is 0 Å². The lowest BCUT2D eigenvalue weighted by Gasteiger charge is -2.22. The van der Waals surface area contributed by atoms with Gasteiger partial charge in [-0.05, 0) is 45.4 Å². The zero-order valence-corrected chi connectivity index (χ0v) is 10.4. The zero-order chi connectivity index (χ0) is 12.8. The Labute approximate surface area is 101 Å². The second kappa shape index (κ2) is 3.89. The van der Waals surface area contributed by atoms with Gasteiger partial charge in [-0.15, -0.1) is 0 Å². The highest BCUT2D eigenvalue weighted by Gasteiger charge is 2.57. The topological polar surface area (TPSA) is 75.6 Å². The molecule has 5 heteroatoms. The number of alkyl carbamates (subject to hydrolysis) is 1. The predicted octanol–water partition coefficient (Wildman–Crippen LogP) is 1.62. The average molecular weight is 241 g/mol. The number of aliphatic carboxylic acids is 1. The van der Waals surface area contributed by atoms with E-state index in [2.05, 4.69) is 5.32 Å². The summed E-state index contributed by atoms with van der Waals surface area (Å²) >= 11 is 0. The van der Waals surface area contributed by atoms with Gasteiger partial charge >= 0.3 is 12.1 Å². The normalized spacial score (nSPS) is 35.0. The third kappa shape index (κ3) is 2.70. The van der Waals surface area contributed by atoms with Crippen molar-refractivity contribution in [2.45, 2.75) is 45.3 Å². The first-order chi connectivity index (χ1) is 7.78. The van der Waals surface area contributed by atoms with Gasteiger partial charge in [0.25, 0.3) is 0 Å². The van der Waals surface area contributed by atoms with Crippen LogP contribution >= 0.6 is 0 Å². The minimum absolute atomic E-state index is 0.0315. The van der Waals surface area contributed by atoms with Gasteiger partial charge in [-0.2, -0.15) is 0 Å². The standard InChI is InChI=1S/C12H19NO4/c1-12(2,3)17-11(16)13-9-5-8(10(14)15)6-4-7(6)9/h6-9H,4-5H2,1-3H3,(H,13,16)(H,14,15)/t6-,7+,8-,9+/m0/s1. The van der Waals surface area contributed by atoms with E-state index in [0.717, 1.165) is 6.42 Å². The number of carbonyl (C=O) groups excluding carboxylic acids is 1. The van der Waals surface area contributed by atoms with Gasteiger partial charge < -0.3 is 15.2 Å². The summed E-state index contributed by atoms with van der Waals surface area (Å²) in [6.45, 7) is 5.42. The number of hydrogen-bond acceptors (Lipinski definition) is 3. The van der Waals surface area contributed by atoms with Gasteiger partial charge in [0, 0.05) is 6.04 Å². The summed E-state index contributed by atoms with van der Waals surface area (Å²) in [6.07, 6.45) is 1.00. The summed E-state index contributed by atoms with van der Waals surface area (Å²) < 4.78 is 5.16. The average Bonchev–Trinajstić information content (AvgIpc) is 2.82. The fourth-order valence-electron chi connectivity index (χ4n) is 2.69. The molecule has 0 spiro atoms. The lowest BCUT2D eigenvalue weighted by molar-refractivity contribution is -0.142. The van der Waals surface area contributed by atoms with E-state index in [-0.39, 0.29) is 17.9 Å². The molecule has 2 saturated carbocycles. The monoisotopic (exact) mass is 241 g/mol. The molecule has 2 rings (SSSR count). The number of carbonyl (C=O) groups is 2. The van der Waals surface area contributed by atoms with E-state index in [4.69, 9.17) is 9.84 Å². The van der Waals surface area contributed by atoms with Gasteiger partial charge in [0.15, 0.2) is 0 Å². The quantitative estimate of drug-likeness (QED) is 0.770. The molecule has 5 nitrogen and oxygen atoms in total. The van der Waals surface area contributed by atoms with Crippen molar-refractivity contribution in [1.82, 2.24) is 5.32 Å². The van der Waals surface area contributed by atoms with Crippen LogP contribution in [0.25, 0.3) is 0 Å². The molecule has 0 saturated heterocycles. The molecule has 0 radical (unpaired) electrons. The molecule has 96 valence electrons. The van der Waals surface area contributed by atoms with E-state index < -0.39 is 17.7 Å². The van der Waals surface area contributed by atoms with E-state index in [1.54, 1.807) is 20.8 Å². The minimum atomic E-state index is -0.744. The summed E-state index contributed by atoms with van der Waals surface area (Å²) in [7, 11) is 0. The van der Waals surface area contributed by atoms with Crippen molar-refractivity contribution in [3.63, 3.8) is 0 Å². The summed E-state index contributed by atoms with van der Waals surface area (Å²) in [5.41, 5.74) is -0.516. The van der Waals surface area contributed by atoms with Crippen LogP contribution in [0, 0.1) is 17.8 Å². The SMILES string of the molecule is CC(C)(C)OC(=O)N[C@@H]1C[C@H](C(=O)O)[C@H]2C[C@H]21. The zero-order valence-electron chi connectivity index (χ0n) is 10.4. The molecular formula is C12H19NO4. The third-order valence-corrected chi connectivity index (χ3v) is 3.45. The Morgan fingerprint density at radius 2 is 1.88 bits per heavy atom. The van der Waals surface area contributed by atoms with Crippen LogP contribution in [0.5, 0.6) is 0 Å². The molecule has 0 aromatic rings. The highest BCUT2D eigenvalue weighted by molar-refractivity contribution is 5.73. The van der Waals surface area contributed by atoms with Crippen LogP contribution in [0.3, 0.4) is 0 Å². The van der Waals surface area contributed by atoms with E-state index in [0.29, 0.717) is 12.3 Å². The van der Waals surface area contributed by atoms with Gasteiger partial charge in [0.2, 0.25) is 0 Å². The van der Waals surface area contributed by atoms with Crippen LogP contribution in [0.1, 0.15) is 33.6 Å². The highest BCUT2D eigenvalue weighted by atomic mass is 16.6. The maximum absolute atomic E-state index is 11.6. The molecule has 0 aromatic carbocycles. The predicted molar refractivity (Wildman–Crippen MR) is 60.5 cm³/mol. The number of nitrogens with one attached hydrogen (secondary N) is 1. The van der Waals surface area contributed by atoms with Crippen molar-refractivity contribution in [2.24, 2.45) is 17.8 Å². The number of ether oxygens (including phenoxy) is 1. The highest BCUT2D eigenvalue weighted by Crippen LogP contribution is 2.55. The van der Waals surface area contributed by atoms with Crippen LogP contribution in [0.15, 0.2) is 0 Å². The van der Waals surface area contributed by atoms with Gasteiger partial charge in [-0.1, -0.05) is 0 Å². The lowest BCUT2D eigenvalue weighted by Crippen LogP contribution is -2.39. The number of amides is 1. The Morgan fingerprint density at radius 1 is 1.24 bits per heavy atom. The molecule has 0 heterocycles. The Balaban J connectivity index is 1.86. The molecule has 0 aliphatic heterocycles. The van der Waals surface area contributed by atoms with Crippen molar-refractivity contribution < 1.29 is 19.4 Å². The molecule has 2 aliphatic rings. The van der Waals surface area contributed by atoms with E-state index >= 15 is 0 Å². The van der Waals surface area contributed by atoms with Gasteiger partial charge in [-0.25, -0.2) is 4.79 Å². The number of fused-ring (bicyclic) bond motifs is 1. The first kappa shape index (κ1) is 12.2. The van der Waals surface area contributed by atoms with E-state index in [1.807, 2.05) is 0 Å². The second-order valence-electron chi connectivity index (χ2n) is 6.00. The fourth-order valence-corrected chi connectivity index (χ4v) is 2.69. The molecule has 17 heavy (non-hydrogen) atoms. The largest absolute Gasteiger partial charge is 0.481 e. The van der Waals surface area contributed by atoms with Gasteiger partial charge in [0.1, 0.15) is 5.60 Å². The first-order valence-electron chi connectivity index (χ1n) is 6.00. The lowest BCUT2D eigenvalue weighted by atomic mass is 10.0. The summed E-state index contributed by atoms with van der Waals surface area (Å²) in [6, 6.07) is -0.0315. The molecule has 0 unspecified atom stereocenters. The number of carboxylic acids is 1. The smallest absolute Gasteiger partial charge is 0.407 e. The molecule has 2 fully saturated rings. The maximum atomic E-state index is 11.6. The summed E-state index contributed by atoms with van der Waals surface area (Å²) in [5, 5.41) is 11.8. The molecule has 1 amide bonds. The van der Waals surface area contributed by atoms with Crippen LogP contribution < -0.4 is 5.32 Å². The van der Waals surface area contributed by atoms with Crippen molar-refractivity contribution in [1.29, 1.82) is 0 Å². The van der Waals surface area contributed by atoms with Crippen LogP contribution in [-0.2, 0) is 9.53 Å².